The molecule has 1 fully saturated rings. The number of hydrogen-bond donors (Lipinski definition) is 2. The summed E-state index contributed by atoms with van der Waals surface area (Å²) >= 11 is 0. The Morgan fingerprint density at radius 2 is 1.83 bits per heavy atom. The molecule has 0 aliphatic carbocycles. The van der Waals surface area contributed by atoms with Crippen molar-refractivity contribution in [1.82, 2.24) is 4.90 Å². The Kier molecular flexibility index (Phi) is 5.16. The molecule has 1 aliphatic heterocycles. The number of anilines is 1. The van der Waals surface area contributed by atoms with Crippen LogP contribution in [0.15, 0.2) is 54.6 Å². The lowest BCUT2D eigenvalue weighted by Gasteiger charge is -2.37. The molecule has 1 amide bonds. The molecule has 0 bridgehead atoms. The van der Waals surface area contributed by atoms with E-state index in [4.69, 9.17) is 5.73 Å². The number of rotatable bonds is 5. The van der Waals surface area contributed by atoms with Gasteiger partial charge in [0.05, 0.1) is 0 Å². The molecule has 2 aromatic carbocycles. The van der Waals surface area contributed by atoms with Crippen molar-refractivity contribution in [2.75, 3.05) is 18.4 Å². The van der Waals surface area contributed by atoms with Crippen LogP contribution in [0, 0.1) is 6.92 Å². The zero-order valence-corrected chi connectivity index (χ0v) is 14.1. The van der Waals surface area contributed by atoms with Gasteiger partial charge in [0.1, 0.15) is 6.04 Å². The minimum Gasteiger partial charge on any atom is -0.382 e. The normalized spacial score (nSPS) is 17.4. The molecular formula is C20H25N3O. The molecule has 24 heavy (non-hydrogen) atoms. The SMILES string of the molecule is Cc1cccc(NC2CCN([C@H](C(N)=O)c3ccccc3)CC2)c1. The van der Waals surface area contributed by atoms with Crippen LogP contribution in [0.25, 0.3) is 0 Å². The summed E-state index contributed by atoms with van der Waals surface area (Å²) in [5.41, 5.74) is 9.09. The first-order valence-corrected chi connectivity index (χ1v) is 8.55. The van der Waals surface area contributed by atoms with Gasteiger partial charge in [0, 0.05) is 24.8 Å². The molecule has 4 nitrogen and oxygen atoms in total. The van der Waals surface area contributed by atoms with Gasteiger partial charge >= 0.3 is 0 Å². The number of aryl methyl sites for hydroxylation is 1. The topological polar surface area (TPSA) is 58.4 Å². The fraction of sp³-hybridized carbons (Fsp3) is 0.350. The Hall–Kier alpha value is -2.33. The number of carbonyl (C=O) groups is 1. The van der Waals surface area contributed by atoms with Gasteiger partial charge in [0.25, 0.3) is 0 Å². The third-order valence-corrected chi connectivity index (χ3v) is 4.67. The van der Waals surface area contributed by atoms with E-state index in [-0.39, 0.29) is 11.9 Å². The van der Waals surface area contributed by atoms with Gasteiger partial charge in [0.2, 0.25) is 5.91 Å². The molecule has 0 unspecified atom stereocenters. The third-order valence-electron chi connectivity index (χ3n) is 4.67. The second-order valence-corrected chi connectivity index (χ2v) is 6.54. The summed E-state index contributed by atoms with van der Waals surface area (Å²) < 4.78 is 0. The van der Waals surface area contributed by atoms with Crippen LogP contribution in [0.3, 0.4) is 0 Å². The van der Waals surface area contributed by atoms with E-state index < -0.39 is 0 Å². The molecular weight excluding hydrogens is 298 g/mol. The fourth-order valence-corrected chi connectivity index (χ4v) is 3.46. The van der Waals surface area contributed by atoms with Crippen molar-refractivity contribution < 1.29 is 4.79 Å². The van der Waals surface area contributed by atoms with Crippen LogP contribution in [0.4, 0.5) is 5.69 Å². The summed E-state index contributed by atoms with van der Waals surface area (Å²) in [6.45, 7) is 3.84. The van der Waals surface area contributed by atoms with Crippen molar-refractivity contribution in [3.63, 3.8) is 0 Å². The quantitative estimate of drug-likeness (QED) is 0.889. The van der Waals surface area contributed by atoms with E-state index in [0.29, 0.717) is 6.04 Å². The maximum atomic E-state index is 12.0. The highest BCUT2D eigenvalue weighted by Gasteiger charge is 2.29. The molecule has 3 rings (SSSR count). The molecule has 2 aromatic rings. The first-order valence-electron chi connectivity index (χ1n) is 8.55. The van der Waals surface area contributed by atoms with Crippen LogP contribution in [-0.4, -0.2) is 29.9 Å². The van der Waals surface area contributed by atoms with Crippen molar-refractivity contribution >= 4 is 11.6 Å². The second kappa shape index (κ2) is 7.49. The monoisotopic (exact) mass is 323 g/mol. The van der Waals surface area contributed by atoms with Crippen molar-refractivity contribution in [1.29, 1.82) is 0 Å². The molecule has 1 heterocycles. The van der Waals surface area contributed by atoms with Crippen LogP contribution >= 0.6 is 0 Å². The van der Waals surface area contributed by atoms with Crippen LogP contribution in [-0.2, 0) is 4.79 Å². The van der Waals surface area contributed by atoms with E-state index >= 15 is 0 Å². The summed E-state index contributed by atoms with van der Waals surface area (Å²) in [7, 11) is 0. The first kappa shape index (κ1) is 16.5. The average molecular weight is 323 g/mol. The number of benzene rings is 2. The number of nitrogens with one attached hydrogen (secondary N) is 1. The summed E-state index contributed by atoms with van der Waals surface area (Å²) in [6, 6.07) is 18.4. The molecule has 1 aliphatic rings. The Morgan fingerprint density at radius 1 is 1.12 bits per heavy atom. The number of hydrogen-bond acceptors (Lipinski definition) is 3. The van der Waals surface area contributed by atoms with E-state index in [2.05, 4.69) is 41.4 Å². The Balaban J connectivity index is 1.62. The molecule has 0 aromatic heterocycles. The summed E-state index contributed by atoms with van der Waals surface area (Å²) in [4.78, 5) is 14.2. The number of nitrogens with two attached hydrogens (primary N) is 1. The number of amides is 1. The van der Waals surface area contributed by atoms with Crippen molar-refractivity contribution in [3.8, 4) is 0 Å². The zero-order chi connectivity index (χ0) is 16.9. The predicted molar refractivity (Wildman–Crippen MR) is 97.8 cm³/mol. The van der Waals surface area contributed by atoms with Gasteiger partial charge < -0.3 is 11.1 Å². The Labute approximate surface area is 143 Å². The van der Waals surface area contributed by atoms with E-state index in [1.807, 2.05) is 30.3 Å². The van der Waals surface area contributed by atoms with Gasteiger partial charge in [-0.1, -0.05) is 42.5 Å². The third kappa shape index (κ3) is 3.95. The highest BCUT2D eigenvalue weighted by molar-refractivity contribution is 5.81. The Bertz CT molecular complexity index is 678. The van der Waals surface area contributed by atoms with Gasteiger partial charge in [0.15, 0.2) is 0 Å². The van der Waals surface area contributed by atoms with Crippen molar-refractivity contribution in [3.05, 3.63) is 65.7 Å². The number of likely N-dealkylation sites (tertiary alicyclic amines) is 1. The van der Waals surface area contributed by atoms with Gasteiger partial charge in [-0.15, -0.1) is 0 Å². The van der Waals surface area contributed by atoms with E-state index in [1.165, 1.54) is 11.3 Å². The smallest absolute Gasteiger partial charge is 0.239 e. The molecule has 126 valence electrons. The predicted octanol–water partition coefficient (Wildman–Crippen LogP) is 3.10. The van der Waals surface area contributed by atoms with Gasteiger partial charge in [-0.2, -0.15) is 0 Å². The second-order valence-electron chi connectivity index (χ2n) is 6.54. The molecule has 1 atom stereocenters. The van der Waals surface area contributed by atoms with E-state index in [0.717, 1.165) is 31.5 Å². The fourth-order valence-electron chi connectivity index (χ4n) is 3.46. The summed E-state index contributed by atoms with van der Waals surface area (Å²) in [5.74, 6) is -0.272. The lowest BCUT2D eigenvalue weighted by Crippen LogP contribution is -2.45. The van der Waals surface area contributed by atoms with E-state index in [9.17, 15) is 4.79 Å². The molecule has 3 N–H and O–H groups in total. The molecule has 4 heteroatoms. The minimum absolute atomic E-state index is 0.272. The first-order chi connectivity index (χ1) is 11.6. The lowest BCUT2D eigenvalue weighted by molar-refractivity contribution is -0.123. The van der Waals surface area contributed by atoms with Crippen LogP contribution < -0.4 is 11.1 Å². The highest BCUT2D eigenvalue weighted by atomic mass is 16.1. The lowest BCUT2D eigenvalue weighted by atomic mass is 9.98. The zero-order valence-electron chi connectivity index (χ0n) is 14.1. The van der Waals surface area contributed by atoms with Crippen molar-refractivity contribution in [2.45, 2.75) is 31.8 Å². The molecule has 0 radical (unpaired) electrons. The maximum Gasteiger partial charge on any atom is 0.239 e. The summed E-state index contributed by atoms with van der Waals surface area (Å²) in [6.07, 6.45) is 2.01. The average Bonchev–Trinajstić information content (AvgIpc) is 2.57. The van der Waals surface area contributed by atoms with Crippen LogP contribution in [0.2, 0.25) is 0 Å². The number of piperidine rings is 1. The number of nitrogens with zero attached hydrogens (tertiary/aromatic N) is 1. The minimum atomic E-state index is -0.328. The van der Waals surface area contributed by atoms with Crippen molar-refractivity contribution in [2.24, 2.45) is 5.73 Å². The Morgan fingerprint density at radius 3 is 2.46 bits per heavy atom. The maximum absolute atomic E-state index is 12.0. The standard InChI is InChI=1S/C20H25N3O/c1-15-6-5-9-18(14-15)22-17-10-12-23(13-11-17)19(20(21)24)16-7-3-2-4-8-16/h2-9,14,17,19,22H,10-13H2,1H3,(H2,21,24)/t19-/m0/s1. The summed E-state index contributed by atoms with van der Waals surface area (Å²) in [5, 5.41) is 3.61. The number of primary amides is 1. The largest absolute Gasteiger partial charge is 0.382 e. The highest BCUT2D eigenvalue weighted by Crippen LogP contribution is 2.26. The van der Waals surface area contributed by atoms with Gasteiger partial charge in [-0.25, -0.2) is 0 Å². The molecule has 0 saturated carbocycles. The van der Waals surface area contributed by atoms with Crippen LogP contribution in [0.1, 0.15) is 30.0 Å². The van der Waals surface area contributed by atoms with Gasteiger partial charge in [-0.3, -0.25) is 9.69 Å². The number of carbonyl (C=O) groups excluding carboxylic acids is 1. The van der Waals surface area contributed by atoms with Crippen LogP contribution in [0.5, 0.6) is 0 Å². The molecule has 0 spiro atoms. The van der Waals surface area contributed by atoms with E-state index in [1.54, 1.807) is 0 Å². The van der Waals surface area contributed by atoms with Gasteiger partial charge in [-0.05, 0) is 43.0 Å². The molecule has 1 saturated heterocycles.